The first-order valence-corrected chi connectivity index (χ1v) is 11.5. The highest BCUT2D eigenvalue weighted by atomic mass is 35.5. The van der Waals surface area contributed by atoms with Gasteiger partial charge in [-0.3, -0.25) is 0 Å². The molecular formula is C25H29ClN2O3. The predicted molar refractivity (Wildman–Crippen MR) is 123 cm³/mol. The number of β-amino-alcohol motifs (C(OH)–C–C–N with tert-alkyl or cyclic N) is 1. The summed E-state index contributed by atoms with van der Waals surface area (Å²) in [6.45, 7) is 5.27. The van der Waals surface area contributed by atoms with Crippen molar-refractivity contribution in [2.75, 3.05) is 19.6 Å². The van der Waals surface area contributed by atoms with Gasteiger partial charge in [0.1, 0.15) is 11.4 Å². The quantitative estimate of drug-likeness (QED) is 0.617. The van der Waals surface area contributed by atoms with Crippen molar-refractivity contribution < 1.29 is 14.9 Å². The molecule has 1 fully saturated rings. The first-order chi connectivity index (χ1) is 15.0. The lowest BCUT2D eigenvalue weighted by atomic mass is 9.81. The van der Waals surface area contributed by atoms with Gasteiger partial charge in [-0.25, -0.2) is 0 Å². The summed E-state index contributed by atoms with van der Waals surface area (Å²) in [6, 6.07) is 13.7. The van der Waals surface area contributed by atoms with E-state index in [1.807, 2.05) is 24.3 Å². The van der Waals surface area contributed by atoms with Crippen LogP contribution in [0.1, 0.15) is 49.5 Å². The van der Waals surface area contributed by atoms with Crippen LogP contribution in [-0.2, 0) is 6.54 Å². The van der Waals surface area contributed by atoms with Gasteiger partial charge in [-0.1, -0.05) is 29.8 Å². The smallest absolute Gasteiger partial charge is 0.126 e. The number of nitrogens with zero attached hydrogens (tertiary/aromatic N) is 2. The number of rotatable bonds is 4. The van der Waals surface area contributed by atoms with Crippen LogP contribution in [0, 0.1) is 0 Å². The summed E-state index contributed by atoms with van der Waals surface area (Å²) in [7, 11) is 0. The van der Waals surface area contributed by atoms with Gasteiger partial charge in [0.15, 0.2) is 0 Å². The van der Waals surface area contributed by atoms with Crippen molar-refractivity contribution in [3.8, 4) is 5.75 Å². The number of piperidine rings is 1. The Balaban J connectivity index is 1.27. The monoisotopic (exact) mass is 440 g/mol. The van der Waals surface area contributed by atoms with Crippen molar-refractivity contribution in [1.29, 1.82) is 0 Å². The largest absolute Gasteiger partial charge is 0.487 e. The summed E-state index contributed by atoms with van der Waals surface area (Å²) < 4.78 is 8.58. The Kier molecular flexibility index (Phi) is 5.47. The van der Waals surface area contributed by atoms with Crippen molar-refractivity contribution >= 4 is 22.5 Å². The van der Waals surface area contributed by atoms with E-state index in [9.17, 15) is 10.2 Å². The van der Waals surface area contributed by atoms with Crippen molar-refractivity contribution in [3.05, 3.63) is 64.8 Å². The van der Waals surface area contributed by atoms with E-state index in [1.54, 1.807) is 6.07 Å². The van der Waals surface area contributed by atoms with E-state index < -0.39 is 12.2 Å². The molecule has 2 aliphatic rings. The minimum Gasteiger partial charge on any atom is -0.487 e. The van der Waals surface area contributed by atoms with Crippen molar-refractivity contribution in [2.24, 2.45) is 0 Å². The molecule has 0 unspecified atom stereocenters. The third kappa shape index (κ3) is 3.85. The Bertz CT molecular complexity index is 1090. The second kappa shape index (κ2) is 8.14. The van der Waals surface area contributed by atoms with E-state index in [1.165, 1.54) is 5.52 Å². The van der Waals surface area contributed by atoms with Crippen LogP contribution in [-0.4, -0.2) is 44.9 Å². The predicted octanol–water partition coefficient (Wildman–Crippen LogP) is 4.70. The van der Waals surface area contributed by atoms with Gasteiger partial charge < -0.3 is 24.4 Å². The number of likely N-dealkylation sites (tertiary alicyclic amines) is 1. The number of benzene rings is 2. The molecule has 1 spiro atoms. The van der Waals surface area contributed by atoms with Crippen LogP contribution in [0.25, 0.3) is 10.9 Å². The van der Waals surface area contributed by atoms with Gasteiger partial charge in [0, 0.05) is 65.8 Å². The number of aliphatic hydroxyl groups excluding tert-OH is 2. The zero-order valence-electron chi connectivity index (χ0n) is 17.8. The van der Waals surface area contributed by atoms with Crippen LogP contribution in [0.5, 0.6) is 5.75 Å². The third-order valence-electron chi connectivity index (χ3n) is 6.94. The van der Waals surface area contributed by atoms with E-state index in [-0.39, 0.29) is 5.60 Å². The Morgan fingerprint density at radius 1 is 1.19 bits per heavy atom. The number of hydrogen-bond acceptors (Lipinski definition) is 4. The Labute approximate surface area is 187 Å². The van der Waals surface area contributed by atoms with Crippen LogP contribution < -0.4 is 4.74 Å². The average molecular weight is 441 g/mol. The average Bonchev–Trinajstić information content (AvgIpc) is 3.15. The maximum atomic E-state index is 11.0. The number of hydrogen-bond donors (Lipinski definition) is 2. The van der Waals surface area contributed by atoms with E-state index in [0.29, 0.717) is 18.0 Å². The van der Waals surface area contributed by atoms with Crippen LogP contribution in [0.2, 0.25) is 5.02 Å². The van der Waals surface area contributed by atoms with Crippen LogP contribution in [0.4, 0.5) is 0 Å². The second-order valence-corrected chi connectivity index (χ2v) is 9.33. The molecule has 3 aromatic rings. The lowest BCUT2D eigenvalue weighted by Crippen LogP contribution is -2.51. The lowest BCUT2D eigenvalue weighted by molar-refractivity contribution is -0.0587. The van der Waals surface area contributed by atoms with Gasteiger partial charge >= 0.3 is 0 Å². The molecule has 164 valence electrons. The fourth-order valence-corrected chi connectivity index (χ4v) is 5.39. The summed E-state index contributed by atoms with van der Waals surface area (Å²) in [6.07, 6.45) is 3.24. The number of fused-ring (bicyclic) bond motifs is 2. The molecule has 2 atom stereocenters. The van der Waals surface area contributed by atoms with E-state index in [0.717, 1.165) is 54.7 Å². The summed E-state index contributed by atoms with van der Waals surface area (Å²) in [5, 5.41) is 23.5. The summed E-state index contributed by atoms with van der Waals surface area (Å²) in [4.78, 5) is 2.31. The van der Waals surface area contributed by atoms with Gasteiger partial charge in [-0.05, 0) is 44.0 Å². The number of aryl methyl sites for hydroxylation is 1. The lowest BCUT2D eigenvalue weighted by Gasteiger charge is -2.46. The van der Waals surface area contributed by atoms with Crippen LogP contribution in [0.3, 0.4) is 0 Å². The van der Waals surface area contributed by atoms with Crippen LogP contribution >= 0.6 is 11.6 Å². The SMILES string of the molecule is CCn1cc([C@H](O)CN2CCC3(CC2)C[C@H](O)c2cc(Cl)ccc2O3)c2ccccc21. The minimum absolute atomic E-state index is 0.347. The first-order valence-electron chi connectivity index (χ1n) is 11.1. The number of ether oxygens (including phenoxy) is 1. The molecule has 31 heavy (non-hydrogen) atoms. The molecule has 1 saturated heterocycles. The van der Waals surface area contributed by atoms with Crippen molar-refractivity contribution in [3.63, 3.8) is 0 Å². The van der Waals surface area contributed by atoms with Gasteiger partial charge in [-0.15, -0.1) is 0 Å². The molecule has 5 rings (SSSR count). The highest BCUT2D eigenvalue weighted by Gasteiger charge is 2.43. The molecule has 2 N–H and O–H groups in total. The Morgan fingerprint density at radius 2 is 1.97 bits per heavy atom. The highest BCUT2D eigenvalue weighted by Crippen LogP contribution is 2.45. The molecule has 0 aliphatic carbocycles. The zero-order chi connectivity index (χ0) is 21.6. The third-order valence-corrected chi connectivity index (χ3v) is 7.18. The Hall–Kier alpha value is -2.05. The molecule has 0 bridgehead atoms. The van der Waals surface area contributed by atoms with Crippen molar-refractivity contribution in [2.45, 2.75) is 50.5 Å². The minimum atomic E-state index is -0.556. The Morgan fingerprint density at radius 3 is 2.74 bits per heavy atom. The molecule has 6 heteroatoms. The standard InChI is InChI=1S/C25H29ClN2O3/c1-2-28-15-20(18-5-3-4-6-21(18)28)23(30)16-27-11-9-25(10-12-27)14-22(29)19-13-17(26)7-8-24(19)31-25/h3-8,13,15,22-23,29-30H,2,9-12,14,16H2,1H3/t22-,23+/m0/s1. The zero-order valence-corrected chi connectivity index (χ0v) is 18.6. The molecule has 3 heterocycles. The topological polar surface area (TPSA) is 57.9 Å². The fourth-order valence-electron chi connectivity index (χ4n) is 5.20. The molecular weight excluding hydrogens is 412 g/mol. The number of halogens is 1. The van der Waals surface area contributed by atoms with E-state index in [4.69, 9.17) is 16.3 Å². The van der Waals surface area contributed by atoms with Crippen LogP contribution in [0.15, 0.2) is 48.7 Å². The second-order valence-electron chi connectivity index (χ2n) is 8.89. The molecule has 0 amide bonds. The molecule has 1 aromatic heterocycles. The molecule has 5 nitrogen and oxygen atoms in total. The molecule has 2 aliphatic heterocycles. The summed E-state index contributed by atoms with van der Waals surface area (Å²) in [5.74, 6) is 0.740. The van der Waals surface area contributed by atoms with Gasteiger partial charge in [0.25, 0.3) is 0 Å². The molecule has 0 saturated carbocycles. The fraction of sp³-hybridized carbons (Fsp3) is 0.440. The first kappa shape index (κ1) is 20.8. The number of para-hydroxylation sites is 1. The van der Waals surface area contributed by atoms with Gasteiger partial charge in [0.05, 0.1) is 12.2 Å². The summed E-state index contributed by atoms with van der Waals surface area (Å²) in [5.41, 5.74) is 2.59. The maximum absolute atomic E-state index is 11.0. The highest BCUT2D eigenvalue weighted by molar-refractivity contribution is 6.30. The van der Waals surface area contributed by atoms with E-state index in [2.05, 4.69) is 34.7 Å². The van der Waals surface area contributed by atoms with E-state index >= 15 is 0 Å². The summed E-state index contributed by atoms with van der Waals surface area (Å²) >= 11 is 6.09. The molecule has 0 radical (unpaired) electrons. The van der Waals surface area contributed by atoms with Gasteiger partial charge in [0.2, 0.25) is 0 Å². The number of aromatic nitrogens is 1. The van der Waals surface area contributed by atoms with Crippen molar-refractivity contribution in [1.82, 2.24) is 9.47 Å². The number of aliphatic hydroxyl groups is 2. The van der Waals surface area contributed by atoms with Gasteiger partial charge in [-0.2, -0.15) is 0 Å². The molecule has 2 aromatic carbocycles. The normalized spacial score (nSPS) is 21.7. The maximum Gasteiger partial charge on any atom is 0.126 e.